The second kappa shape index (κ2) is 7.04. The Labute approximate surface area is 157 Å². The number of carbonyl (C=O) groups excluding carboxylic acids is 1. The van der Waals surface area contributed by atoms with Crippen LogP contribution in [0, 0.1) is 5.92 Å². The lowest BCUT2D eigenvalue weighted by atomic mass is 9.98. The summed E-state index contributed by atoms with van der Waals surface area (Å²) >= 11 is 0. The summed E-state index contributed by atoms with van der Waals surface area (Å²) in [6.45, 7) is 0.529. The van der Waals surface area contributed by atoms with Gasteiger partial charge in [0, 0.05) is 13.0 Å². The number of aliphatic carboxylic acids is 1. The summed E-state index contributed by atoms with van der Waals surface area (Å²) < 4.78 is 10.8. The van der Waals surface area contributed by atoms with Crippen LogP contribution in [-0.4, -0.2) is 55.0 Å². The summed E-state index contributed by atoms with van der Waals surface area (Å²) in [5.74, 6) is -1.71. The second-order valence-corrected chi connectivity index (χ2v) is 6.96. The number of amides is 1. The number of rotatable bonds is 4. The molecule has 1 saturated heterocycles. The van der Waals surface area contributed by atoms with E-state index < -0.39 is 24.0 Å². The van der Waals surface area contributed by atoms with Crippen LogP contribution in [0.4, 0.5) is 4.79 Å². The van der Waals surface area contributed by atoms with E-state index >= 15 is 0 Å². The molecule has 2 unspecified atom stereocenters. The van der Waals surface area contributed by atoms with Crippen LogP contribution in [0.15, 0.2) is 48.5 Å². The average molecular weight is 367 g/mol. The Morgan fingerprint density at radius 1 is 1.07 bits per heavy atom. The zero-order valence-electron chi connectivity index (χ0n) is 15.0. The summed E-state index contributed by atoms with van der Waals surface area (Å²) in [6, 6.07) is 15.7. The van der Waals surface area contributed by atoms with Crippen molar-refractivity contribution in [2.24, 2.45) is 5.92 Å². The van der Waals surface area contributed by atoms with Gasteiger partial charge in [-0.05, 0) is 22.3 Å². The summed E-state index contributed by atoms with van der Waals surface area (Å²) in [4.78, 5) is 25.2. The molecule has 0 aromatic heterocycles. The van der Waals surface area contributed by atoms with Crippen LogP contribution in [0.3, 0.4) is 0 Å². The topological polar surface area (TPSA) is 76.1 Å². The van der Waals surface area contributed by atoms with Gasteiger partial charge in [-0.3, -0.25) is 4.79 Å². The van der Waals surface area contributed by atoms with E-state index in [1.807, 2.05) is 24.3 Å². The van der Waals surface area contributed by atoms with E-state index in [4.69, 9.17) is 9.47 Å². The summed E-state index contributed by atoms with van der Waals surface area (Å²) in [6.07, 6.45) is -0.529. The first-order chi connectivity index (χ1) is 13.1. The number of hydrogen-bond donors (Lipinski definition) is 1. The summed E-state index contributed by atoms with van der Waals surface area (Å²) in [5.41, 5.74) is 4.61. The second-order valence-electron chi connectivity index (χ2n) is 6.96. The van der Waals surface area contributed by atoms with Crippen LogP contribution in [0.1, 0.15) is 17.0 Å². The molecule has 6 nitrogen and oxygen atoms in total. The third-order valence-electron chi connectivity index (χ3n) is 5.49. The van der Waals surface area contributed by atoms with Gasteiger partial charge in [-0.25, -0.2) is 4.79 Å². The molecule has 0 spiro atoms. The zero-order chi connectivity index (χ0) is 19.0. The predicted octanol–water partition coefficient (Wildman–Crippen LogP) is 2.97. The molecule has 2 aromatic rings. The minimum atomic E-state index is -0.962. The van der Waals surface area contributed by atoms with Crippen LogP contribution < -0.4 is 0 Å². The highest BCUT2D eigenvalue weighted by molar-refractivity contribution is 5.79. The first kappa shape index (κ1) is 17.5. The van der Waals surface area contributed by atoms with E-state index in [9.17, 15) is 14.7 Å². The SMILES string of the molecule is CN(C(=O)OCC1c2ccccc2-c2ccccc21)C1COCC1C(=O)O. The highest BCUT2D eigenvalue weighted by atomic mass is 16.6. The first-order valence-corrected chi connectivity index (χ1v) is 8.96. The molecule has 2 aliphatic rings. The monoisotopic (exact) mass is 367 g/mol. The molecule has 0 saturated carbocycles. The molecule has 2 atom stereocenters. The molecule has 1 heterocycles. The number of hydrogen-bond acceptors (Lipinski definition) is 4. The maximum atomic E-state index is 12.5. The highest BCUT2D eigenvalue weighted by Gasteiger charge is 2.39. The molecule has 6 heteroatoms. The van der Waals surface area contributed by atoms with Crippen molar-refractivity contribution >= 4 is 12.1 Å². The minimum Gasteiger partial charge on any atom is -0.481 e. The zero-order valence-corrected chi connectivity index (χ0v) is 15.0. The normalized spacial score (nSPS) is 20.8. The van der Waals surface area contributed by atoms with E-state index in [0.29, 0.717) is 0 Å². The molecule has 0 radical (unpaired) electrons. The van der Waals surface area contributed by atoms with Crippen LogP contribution in [0.25, 0.3) is 11.1 Å². The van der Waals surface area contributed by atoms with E-state index in [1.165, 1.54) is 4.90 Å². The number of nitrogens with zero attached hydrogens (tertiary/aromatic N) is 1. The Hall–Kier alpha value is -2.86. The molecular weight excluding hydrogens is 346 g/mol. The minimum absolute atomic E-state index is 0.0233. The lowest BCUT2D eigenvalue weighted by Gasteiger charge is -2.26. The van der Waals surface area contributed by atoms with Crippen molar-refractivity contribution in [1.82, 2.24) is 4.90 Å². The van der Waals surface area contributed by atoms with Gasteiger partial charge in [0.1, 0.15) is 12.5 Å². The fourth-order valence-corrected chi connectivity index (χ4v) is 3.99. The standard InChI is InChI=1S/C21H21NO5/c1-22(19-12-26-10-18(19)20(23)24)21(25)27-11-17-15-8-4-2-6-13(15)14-7-3-5-9-16(14)17/h2-9,17-19H,10-12H2,1H3,(H,23,24). The quantitative estimate of drug-likeness (QED) is 0.899. The predicted molar refractivity (Wildman–Crippen MR) is 98.6 cm³/mol. The number of ether oxygens (including phenoxy) is 2. The lowest BCUT2D eigenvalue weighted by molar-refractivity contribution is -0.142. The van der Waals surface area contributed by atoms with Crippen molar-refractivity contribution in [2.75, 3.05) is 26.9 Å². The van der Waals surface area contributed by atoms with Gasteiger partial charge >= 0.3 is 12.1 Å². The van der Waals surface area contributed by atoms with Crippen LogP contribution >= 0.6 is 0 Å². The van der Waals surface area contributed by atoms with E-state index in [0.717, 1.165) is 22.3 Å². The van der Waals surface area contributed by atoms with Crippen LogP contribution in [-0.2, 0) is 14.3 Å². The van der Waals surface area contributed by atoms with Crippen molar-refractivity contribution in [3.63, 3.8) is 0 Å². The van der Waals surface area contributed by atoms with Crippen molar-refractivity contribution in [3.05, 3.63) is 59.7 Å². The first-order valence-electron chi connectivity index (χ1n) is 8.96. The smallest absolute Gasteiger partial charge is 0.409 e. The van der Waals surface area contributed by atoms with E-state index in [1.54, 1.807) is 7.05 Å². The van der Waals surface area contributed by atoms with Crippen molar-refractivity contribution < 1.29 is 24.2 Å². The van der Waals surface area contributed by atoms with E-state index in [2.05, 4.69) is 24.3 Å². The van der Waals surface area contributed by atoms with Gasteiger partial charge in [-0.2, -0.15) is 0 Å². The Balaban J connectivity index is 1.49. The molecule has 140 valence electrons. The number of carbonyl (C=O) groups is 2. The molecule has 2 aromatic carbocycles. The lowest BCUT2D eigenvalue weighted by Crippen LogP contribution is -2.44. The molecule has 1 N–H and O–H groups in total. The maximum Gasteiger partial charge on any atom is 0.409 e. The van der Waals surface area contributed by atoms with E-state index in [-0.39, 0.29) is 25.7 Å². The number of likely N-dealkylation sites (N-methyl/N-ethyl adjacent to an activating group) is 1. The van der Waals surface area contributed by atoms with Gasteiger partial charge in [0.25, 0.3) is 0 Å². The Kier molecular flexibility index (Phi) is 4.58. The molecule has 4 rings (SSSR count). The molecule has 1 amide bonds. The van der Waals surface area contributed by atoms with Gasteiger partial charge < -0.3 is 19.5 Å². The van der Waals surface area contributed by atoms with Crippen LogP contribution in [0.2, 0.25) is 0 Å². The molecule has 1 aliphatic heterocycles. The summed E-state index contributed by atoms with van der Waals surface area (Å²) in [5, 5.41) is 9.28. The number of fused-ring (bicyclic) bond motifs is 3. The molecule has 27 heavy (non-hydrogen) atoms. The average Bonchev–Trinajstić information content (AvgIpc) is 3.29. The molecule has 1 fully saturated rings. The Bertz CT molecular complexity index is 835. The number of carboxylic acid groups (broad SMARTS) is 1. The fourth-order valence-electron chi connectivity index (χ4n) is 3.99. The maximum absolute atomic E-state index is 12.5. The van der Waals surface area contributed by atoms with Crippen molar-refractivity contribution in [3.8, 4) is 11.1 Å². The summed E-state index contributed by atoms with van der Waals surface area (Å²) in [7, 11) is 1.56. The van der Waals surface area contributed by atoms with Crippen molar-refractivity contribution in [1.29, 1.82) is 0 Å². The molecule has 0 bridgehead atoms. The van der Waals surface area contributed by atoms with Gasteiger partial charge in [0.15, 0.2) is 0 Å². The number of carboxylic acids is 1. The van der Waals surface area contributed by atoms with Gasteiger partial charge in [-0.15, -0.1) is 0 Å². The highest BCUT2D eigenvalue weighted by Crippen LogP contribution is 2.44. The Morgan fingerprint density at radius 2 is 1.67 bits per heavy atom. The third-order valence-corrected chi connectivity index (χ3v) is 5.49. The Morgan fingerprint density at radius 3 is 2.26 bits per heavy atom. The van der Waals surface area contributed by atoms with Crippen LogP contribution in [0.5, 0.6) is 0 Å². The fraction of sp³-hybridized carbons (Fsp3) is 0.333. The molecule has 1 aliphatic carbocycles. The third kappa shape index (κ3) is 3.06. The van der Waals surface area contributed by atoms with Crippen molar-refractivity contribution in [2.45, 2.75) is 12.0 Å². The van der Waals surface area contributed by atoms with Gasteiger partial charge in [0.05, 0.1) is 19.3 Å². The number of benzene rings is 2. The van der Waals surface area contributed by atoms with Gasteiger partial charge in [-0.1, -0.05) is 48.5 Å². The largest absolute Gasteiger partial charge is 0.481 e. The molecular formula is C21H21NO5. The van der Waals surface area contributed by atoms with Gasteiger partial charge in [0.2, 0.25) is 0 Å².